The highest BCUT2D eigenvalue weighted by molar-refractivity contribution is 14.0. The van der Waals surface area contributed by atoms with Crippen molar-refractivity contribution in [2.45, 2.75) is 52.1 Å². The molecule has 2 saturated heterocycles. The summed E-state index contributed by atoms with van der Waals surface area (Å²) in [6.45, 7) is 7.47. The van der Waals surface area contributed by atoms with Crippen molar-refractivity contribution in [3.05, 3.63) is 35.4 Å². The summed E-state index contributed by atoms with van der Waals surface area (Å²) in [4.78, 5) is 32.1. The normalized spacial score (nSPS) is 16.8. The summed E-state index contributed by atoms with van der Waals surface area (Å²) in [5.74, 6) is 1.32. The molecule has 7 nitrogen and oxygen atoms in total. The summed E-state index contributed by atoms with van der Waals surface area (Å²) in [5, 5.41) is 6.63. The summed E-state index contributed by atoms with van der Waals surface area (Å²) in [5.41, 5.74) is 2.29. The van der Waals surface area contributed by atoms with Crippen molar-refractivity contribution >= 4 is 41.8 Å². The molecule has 0 atom stereocenters. The van der Waals surface area contributed by atoms with E-state index < -0.39 is 0 Å². The topological polar surface area (TPSA) is 77.0 Å². The first kappa shape index (κ1) is 24.4. The predicted octanol–water partition coefficient (Wildman–Crippen LogP) is 2.49. The Labute approximate surface area is 196 Å². The first-order chi connectivity index (χ1) is 14.2. The molecule has 2 N–H and O–H groups in total. The molecule has 2 aliphatic rings. The van der Waals surface area contributed by atoms with Crippen LogP contribution in [0.5, 0.6) is 0 Å². The Balaban J connectivity index is 0.00000320. The molecular weight excluding hydrogens is 493 g/mol. The van der Waals surface area contributed by atoms with Crippen molar-refractivity contribution < 1.29 is 9.59 Å². The molecule has 2 amide bonds. The van der Waals surface area contributed by atoms with Crippen molar-refractivity contribution in [1.82, 2.24) is 20.4 Å². The van der Waals surface area contributed by atoms with E-state index in [9.17, 15) is 9.59 Å². The lowest BCUT2D eigenvalue weighted by Crippen LogP contribution is -2.39. The minimum atomic E-state index is 0. The van der Waals surface area contributed by atoms with E-state index in [0.29, 0.717) is 25.9 Å². The van der Waals surface area contributed by atoms with Gasteiger partial charge in [0.05, 0.1) is 6.54 Å². The van der Waals surface area contributed by atoms with Crippen LogP contribution in [0.15, 0.2) is 29.3 Å². The molecule has 0 aromatic heterocycles. The van der Waals surface area contributed by atoms with Crippen LogP contribution in [0.1, 0.15) is 50.2 Å². The first-order valence-electron chi connectivity index (χ1n) is 10.8. The lowest BCUT2D eigenvalue weighted by Gasteiger charge is -2.17. The lowest BCUT2D eigenvalue weighted by molar-refractivity contribution is -0.128. The second-order valence-electron chi connectivity index (χ2n) is 7.70. The monoisotopic (exact) mass is 527 g/mol. The highest BCUT2D eigenvalue weighted by Gasteiger charge is 2.20. The summed E-state index contributed by atoms with van der Waals surface area (Å²) in [6, 6.07) is 8.31. The minimum absolute atomic E-state index is 0. The van der Waals surface area contributed by atoms with Gasteiger partial charge in [0.25, 0.3) is 0 Å². The third-order valence-electron chi connectivity index (χ3n) is 5.37. The zero-order valence-corrected chi connectivity index (χ0v) is 20.2. The Kier molecular flexibility index (Phi) is 10.4. The number of benzene rings is 1. The third kappa shape index (κ3) is 7.45. The van der Waals surface area contributed by atoms with E-state index in [2.05, 4.69) is 33.8 Å². The van der Waals surface area contributed by atoms with Crippen LogP contribution in [0.3, 0.4) is 0 Å². The standard InChI is InChI=1S/C22H33N5O2.HI/c1-2-23-22(24-11-6-14-26-12-4-9-20(26)28)25-16-18-7-3-8-19(15-18)17-27-13-5-10-21(27)29;/h3,7-8,15H,2,4-6,9-14,16-17H2,1H3,(H2,23,24,25);1H. The quantitative estimate of drug-likeness (QED) is 0.224. The van der Waals surface area contributed by atoms with E-state index in [-0.39, 0.29) is 35.8 Å². The van der Waals surface area contributed by atoms with E-state index in [1.165, 1.54) is 0 Å². The van der Waals surface area contributed by atoms with Crippen LogP contribution in [-0.2, 0) is 22.7 Å². The number of guanidine groups is 1. The van der Waals surface area contributed by atoms with Crippen molar-refractivity contribution in [3.8, 4) is 0 Å². The smallest absolute Gasteiger partial charge is 0.222 e. The number of carbonyl (C=O) groups excluding carboxylic acids is 2. The summed E-state index contributed by atoms with van der Waals surface area (Å²) in [7, 11) is 0. The van der Waals surface area contributed by atoms with Crippen LogP contribution in [0.25, 0.3) is 0 Å². The molecule has 0 aliphatic carbocycles. The SMILES string of the molecule is CCNC(=NCc1cccc(CN2CCCC2=O)c1)NCCCN1CCCC1=O.I. The molecule has 3 rings (SSSR count). The van der Waals surface area contributed by atoms with Crippen molar-refractivity contribution in [2.75, 3.05) is 32.7 Å². The Morgan fingerprint density at radius 2 is 1.73 bits per heavy atom. The van der Waals surface area contributed by atoms with Crippen LogP contribution in [0.4, 0.5) is 0 Å². The average Bonchev–Trinajstić information content (AvgIpc) is 3.31. The van der Waals surface area contributed by atoms with Crippen molar-refractivity contribution in [2.24, 2.45) is 4.99 Å². The van der Waals surface area contributed by atoms with Crippen molar-refractivity contribution in [1.29, 1.82) is 0 Å². The van der Waals surface area contributed by atoms with Gasteiger partial charge in [0.1, 0.15) is 0 Å². The number of rotatable bonds is 9. The van der Waals surface area contributed by atoms with Crippen LogP contribution < -0.4 is 10.6 Å². The number of nitrogens with one attached hydrogen (secondary N) is 2. The second-order valence-corrected chi connectivity index (χ2v) is 7.70. The fourth-order valence-electron chi connectivity index (χ4n) is 3.85. The molecule has 2 aliphatic heterocycles. The first-order valence-corrected chi connectivity index (χ1v) is 10.8. The van der Waals surface area contributed by atoms with Crippen LogP contribution in [0.2, 0.25) is 0 Å². The van der Waals surface area contributed by atoms with Gasteiger partial charge in [0, 0.05) is 52.1 Å². The Morgan fingerprint density at radius 3 is 2.40 bits per heavy atom. The van der Waals surface area contributed by atoms with Gasteiger partial charge in [-0.25, -0.2) is 4.99 Å². The summed E-state index contributed by atoms with van der Waals surface area (Å²) in [6.07, 6.45) is 4.24. The van der Waals surface area contributed by atoms with Gasteiger partial charge in [-0.05, 0) is 37.3 Å². The van der Waals surface area contributed by atoms with Gasteiger partial charge in [-0.3, -0.25) is 9.59 Å². The molecule has 0 spiro atoms. The maximum absolute atomic E-state index is 11.8. The maximum atomic E-state index is 11.8. The number of nitrogens with zero attached hydrogens (tertiary/aromatic N) is 3. The third-order valence-corrected chi connectivity index (χ3v) is 5.37. The number of carbonyl (C=O) groups is 2. The number of hydrogen-bond donors (Lipinski definition) is 2. The number of aliphatic imine (C=N–C) groups is 1. The Morgan fingerprint density at radius 1 is 1.03 bits per heavy atom. The van der Waals surface area contributed by atoms with E-state index in [1.807, 2.05) is 22.8 Å². The molecule has 0 saturated carbocycles. The molecule has 0 unspecified atom stereocenters. The molecule has 1 aromatic carbocycles. The van der Waals surface area contributed by atoms with Crippen molar-refractivity contribution in [3.63, 3.8) is 0 Å². The molecule has 8 heteroatoms. The van der Waals surface area contributed by atoms with Crippen LogP contribution in [-0.4, -0.2) is 60.3 Å². The zero-order valence-electron chi connectivity index (χ0n) is 17.9. The van der Waals surface area contributed by atoms with E-state index in [0.717, 1.165) is 69.1 Å². The number of hydrogen-bond acceptors (Lipinski definition) is 3. The molecule has 2 fully saturated rings. The summed E-state index contributed by atoms with van der Waals surface area (Å²) < 4.78 is 0. The number of likely N-dealkylation sites (tertiary alicyclic amines) is 2. The highest BCUT2D eigenvalue weighted by atomic mass is 127. The molecule has 1 aromatic rings. The molecule has 30 heavy (non-hydrogen) atoms. The fraction of sp³-hybridized carbons (Fsp3) is 0.591. The Hall–Kier alpha value is -1.84. The molecule has 0 radical (unpaired) electrons. The van der Waals surface area contributed by atoms with Gasteiger partial charge < -0.3 is 20.4 Å². The Bertz CT molecular complexity index is 740. The van der Waals surface area contributed by atoms with Gasteiger partial charge in [-0.2, -0.15) is 0 Å². The second kappa shape index (κ2) is 12.8. The van der Waals surface area contributed by atoms with Gasteiger partial charge in [0.15, 0.2) is 5.96 Å². The fourth-order valence-corrected chi connectivity index (χ4v) is 3.85. The lowest BCUT2D eigenvalue weighted by atomic mass is 10.1. The van der Waals surface area contributed by atoms with E-state index in [4.69, 9.17) is 0 Å². The zero-order chi connectivity index (χ0) is 20.5. The molecular formula is C22H34IN5O2. The molecule has 0 bridgehead atoms. The maximum Gasteiger partial charge on any atom is 0.222 e. The van der Waals surface area contributed by atoms with Crippen LogP contribution >= 0.6 is 24.0 Å². The predicted molar refractivity (Wildman–Crippen MR) is 130 cm³/mol. The van der Waals surface area contributed by atoms with E-state index in [1.54, 1.807) is 0 Å². The van der Waals surface area contributed by atoms with Gasteiger partial charge in [0.2, 0.25) is 11.8 Å². The molecule has 2 heterocycles. The van der Waals surface area contributed by atoms with Gasteiger partial charge in [-0.1, -0.05) is 24.3 Å². The minimum Gasteiger partial charge on any atom is -0.357 e. The van der Waals surface area contributed by atoms with Gasteiger partial charge in [-0.15, -0.1) is 24.0 Å². The largest absolute Gasteiger partial charge is 0.357 e. The number of amides is 2. The summed E-state index contributed by atoms with van der Waals surface area (Å²) >= 11 is 0. The highest BCUT2D eigenvalue weighted by Crippen LogP contribution is 2.15. The van der Waals surface area contributed by atoms with Gasteiger partial charge >= 0.3 is 0 Å². The number of halogens is 1. The molecule has 166 valence electrons. The van der Waals surface area contributed by atoms with Crippen LogP contribution in [0, 0.1) is 0 Å². The van der Waals surface area contributed by atoms with E-state index >= 15 is 0 Å². The average molecular weight is 527 g/mol.